The monoisotopic (exact) mass is 493 g/mol. The summed E-state index contributed by atoms with van der Waals surface area (Å²) in [6, 6.07) is 7.34. The molecular formula is C26H33ClFNO5. The lowest BCUT2D eigenvalue weighted by atomic mass is 9.99. The van der Waals surface area contributed by atoms with Gasteiger partial charge in [-0.15, -0.1) is 0 Å². The van der Waals surface area contributed by atoms with Crippen LogP contribution in [0.25, 0.3) is 10.9 Å². The van der Waals surface area contributed by atoms with Crippen LogP contribution < -0.4 is 10.2 Å². The molecule has 3 rings (SSSR count). The van der Waals surface area contributed by atoms with Crippen molar-refractivity contribution >= 4 is 28.5 Å². The summed E-state index contributed by atoms with van der Waals surface area (Å²) in [5, 5.41) is 19.4. The minimum atomic E-state index is -1.36. The molecule has 8 heteroatoms. The van der Waals surface area contributed by atoms with Gasteiger partial charge < -0.3 is 19.5 Å². The summed E-state index contributed by atoms with van der Waals surface area (Å²) in [5.74, 6) is -1.52. The van der Waals surface area contributed by atoms with E-state index in [4.69, 9.17) is 16.3 Å². The van der Waals surface area contributed by atoms with Crippen molar-refractivity contribution in [3.63, 3.8) is 0 Å². The predicted molar refractivity (Wildman–Crippen MR) is 135 cm³/mol. The maximum atomic E-state index is 14.4. The molecule has 0 radical (unpaired) electrons. The highest BCUT2D eigenvalue weighted by Gasteiger charge is 2.21. The van der Waals surface area contributed by atoms with Gasteiger partial charge >= 0.3 is 5.97 Å². The summed E-state index contributed by atoms with van der Waals surface area (Å²) < 4.78 is 21.4. The average Bonchev–Trinajstić information content (AvgIpc) is 2.86. The van der Waals surface area contributed by atoms with Crippen LogP contribution in [0.15, 0.2) is 41.3 Å². The van der Waals surface area contributed by atoms with Gasteiger partial charge in [-0.25, -0.2) is 9.18 Å². The van der Waals surface area contributed by atoms with Crippen molar-refractivity contribution in [2.24, 2.45) is 0 Å². The van der Waals surface area contributed by atoms with Crippen molar-refractivity contribution in [3.05, 3.63) is 74.3 Å². The molecule has 1 heterocycles. The van der Waals surface area contributed by atoms with Crippen molar-refractivity contribution in [1.82, 2.24) is 4.57 Å². The Morgan fingerprint density at radius 3 is 2.35 bits per heavy atom. The van der Waals surface area contributed by atoms with Gasteiger partial charge in [0.15, 0.2) is 0 Å². The molecule has 0 unspecified atom stereocenters. The van der Waals surface area contributed by atoms with Crippen molar-refractivity contribution in [2.75, 3.05) is 13.7 Å². The van der Waals surface area contributed by atoms with Crippen molar-refractivity contribution in [1.29, 1.82) is 0 Å². The van der Waals surface area contributed by atoms with E-state index in [9.17, 15) is 24.2 Å². The summed E-state index contributed by atoms with van der Waals surface area (Å²) in [6.07, 6.45) is 1.86. The predicted octanol–water partition coefficient (Wildman–Crippen LogP) is 6.09. The summed E-state index contributed by atoms with van der Waals surface area (Å²) in [6.45, 7) is 9.62. The van der Waals surface area contributed by atoms with Crippen LogP contribution in [0, 0.1) is 5.82 Å². The molecule has 0 aliphatic carbocycles. The van der Waals surface area contributed by atoms with E-state index in [1.165, 1.54) is 25.4 Å². The molecule has 2 N–H and O–H groups in total. The van der Waals surface area contributed by atoms with E-state index in [0.29, 0.717) is 28.8 Å². The third-order valence-electron chi connectivity index (χ3n) is 5.15. The molecule has 6 nitrogen and oxygen atoms in total. The van der Waals surface area contributed by atoms with Gasteiger partial charge in [0.2, 0.25) is 5.43 Å². The molecular weight excluding hydrogens is 461 g/mol. The number of aromatic nitrogens is 1. The molecule has 1 atom stereocenters. The van der Waals surface area contributed by atoms with Crippen molar-refractivity contribution in [2.45, 2.75) is 53.5 Å². The largest absolute Gasteiger partial charge is 0.496 e. The van der Waals surface area contributed by atoms with Gasteiger partial charge in [0.05, 0.1) is 30.3 Å². The number of hydrogen-bond acceptors (Lipinski definition) is 4. The van der Waals surface area contributed by atoms with Crippen LogP contribution in [0.1, 0.15) is 68.6 Å². The normalized spacial score (nSPS) is 11.1. The standard InChI is InChI=1S/C22H21ClFNO5.2C2H6/c1-3-14(11-26)25-10-16(22(28)29)21(27)15-8-13(19(30-2)9-18(15)25)7-12-5-4-6-17(23)20(12)24;2*1-2/h4-6,8-10,14,26H,3,7,11H2,1-2H3,(H,28,29);2*1-2H3/t14-;;/m0../s1. The van der Waals surface area contributed by atoms with E-state index < -0.39 is 28.8 Å². The number of carboxylic acid groups (broad SMARTS) is 1. The molecule has 1 aromatic heterocycles. The van der Waals surface area contributed by atoms with Crippen LogP contribution in [-0.2, 0) is 6.42 Å². The fourth-order valence-electron chi connectivity index (χ4n) is 3.51. The zero-order valence-corrected chi connectivity index (χ0v) is 21.2. The highest BCUT2D eigenvalue weighted by molar-refractivity contribution is 6.30. The van der Waals surface area contributed by atoms with Gasteiger partial charge in [-0.2, -0.15) is 0 Å². The smallest absolute Gasteiger partial charge is 0.341 e. The van der Waals surface area contributed by atoms with Crippen LogP contribution in [0.5, 0.6) is 5.75 Å². The number of aliphatic hydroxyl groups is 1. The van der Waals surface area contributed by atoms with E-state index in [2.05, 4.69) is 0 Å². The number of carboxylic acids is 1. The maximum absolute atomic E-state index is 14.4. The molecule has 0 aliphatic heterocycles. The molecule has 0 amide bonds. The summed E-state index contributed by atoms with van der Waals surface area (Å²) in [4.78, 5) is 24.5. The van der Waals surface area contributed by atoms with Gasteiger partial charge in [0.1, 0.15) is 17.1 Å². The lowest BCUT2D eigenvalue weighted by Crippen LogP contribution is -2.22. The van der Waals surface area contributed by atoms with Crippen molar-refractivity contribution in [3.8, 4) is 5.75 Å². The molecule has 186 valence electrons. The molecule has 0 saturated heterocycles. The Balaban J connectivity index is 0.00000137. The number of pyridine rings is 1. The number of rotatable bonds is 7. The molecule has 3 aromatic rings. The number of methoxy groups -OCH3 is 1. The van der Waals surface area contributed by atoms with Crippen molar-refractivity contribution < 1.29 is 24.1 Å². The zero-order valence-electron chi connectivity index (χ0n) is 20.5. The number of nitrogens with zero attached hydrogens (tertiary/aromatic N) is 1. The summed E-state index contributed by atoms with van der Waals surface area (Å²) in [5.41, 5.74) is 0.195. The first kappa shape index (κ1) is 29.1. The molecule has 2 aromatic carbocycles. The second-order valence-electron chi connectivity index (χ2n) is 6.90. The third-order valence-corrected chi connectivity index (χ3v) is 5.44. The highest BCUT2D eigenvalue weighted by Crippen LogP contribution is 2.30. The Morgan fingerprint density at radius 1 is 1.18 bits per heavy atom. The van der Waals surface area contributed by atoms with Crippen LogP contribution in [0.3, 0.4) is 0 Å². The van der Waals surface area contributed by atoms with Gasteiger partial charge in [-0.05, 0) is 29.7 Å². The Morgan fingerprint density at radius 2 is 1.82 bits per heavy atom. The van der Waals surface area contributed by atoms with E-state index in [-0.39, 0.29) is 23.4 Å². The summed E-state index contributed by atoms with van der Waals surface area (Å²) in [7, 11) is 1.45. The Hall–Kier alpha value is -2.90. The minimum absolute atomic E-state index is 0.0171. The fraction of sp³-hybridized carbons (Fsp3) is 0.385. The molecule has 0 spiro atoms. The zero-order chi connectivity index (χ0) is 26.0. The minimum Gasteiger partial charge on any atom is -0.496 e. The maximum Gasteiger partial charge on any atom is 0.341 e. The average molecular weight is 494 g/mol. The first-order chi connectivity index (χ1) is 16.3. The number of hydrogen-bond donors (Lipinski definition) is 2. The molecule has 0 saturated carbocycles. The van der Waals surface area contributed by atoms with Crippen LogP contribution in [0.2, 0.25) is 5.02 Å². The third kappa shape index (κ3) is 6.15. The number of fused-ring (bicyclic) bond motifs is 1. The first-order valence-electron chi connectivity index (χ1n) is 11.3. The quantitative estimate of drug-likeness (QED) is 0.416. The van der Waals surface area contributed by atoms with Gasteiger partial charge in [0.25, 0.3) is 0 Å². The van der Waals surface area contributed by atoms with Gasteiger partial charge in [0, 0.05) is 24.1 Å². The number of carbonyl (C=O) groups is 1. The van der Waals surface area contributed by atoms with E-state index >= 15 is 0 Å². The molecule has 0 aliphatic rings. The van der Waals surface area contributed by atoms with E-state index in [1.807, 2.05) is 34.6 Å². The Bertz CT molecular complexity index is 1170. The fourth-order valence-corrected chi connectivity index (χ4v) is 3.70. The number of aliphatic hydroxyl groups excluding tert-OH is 1. The SMILES string of the molecule is CC.CC.CC[C@@H](CO)n1cc(C(=O)O)c(=O)c2cc(Cc3cccc(Cl)c3F)c(OC)cc21. The topological polar surface area (TPSA) is 88.8 Å². The second-order valence-corrected chi connectivity index (χ2v) is 7.31. The Labute approximate surface area is 204 Å². The van der Waals surface area contributed by atoms with Crippen LogP contribution in [-0.4, -0.2) is 34.5 Å². The number of benzene rings is 2. The first-order valence-corrected chi connectivity index (χ1v) is 11.7. The van der Waals surface area contributed by atoms with Crippen LogP contribution >= 0.6 is 11.6 Å². The lowest BCUT2D eigenvalue weighted by Gasteiger charge is -2.21. The van der Waals surface area contributed by atoms with E-state index in [1.54, 1.807) is 22.8 Å². The second kappa shape index (κ2) is 13.7. The number of aromatic carboxylic acids is 1. The van der Waals surface area contributed by atoms with Gasteiger partial charge in [-0.1, -0.05) is 58.4 Å². The van der Waals surface area contributed by atoms with E-state index in [0.717, 1.165) is 0 Å². The van der Waals surface area contributed by atoms with Gasteiger partial charge in [-0.3, -0.25) is 4.79 Å². The number of halogens is 2. The number of ether oxygens (including phenoxy) is 1. The lowest BCUT2D eigenvalue weighted by molar-refractivity contribution is 0.0694. The Kier molecular flexibility index (Phi) is 11.8. The summed E-state index contributed by atoms with van der Waals surface area (Å²) >= 11 is 5.87. The van der Waals surface area contributed by atoms with Crippen LogP contribution in [0.4, 0.5) is 4.39 Å². The molecule has 0 bridgehead atoms. The molecule has 34 heavy (non-hydrogen) atoms. The molecule has 0 fully saturated rings. The highest BCUT2D eigenvalue weighted by atomic mass is 35.5.